The van der Waals surface area contributed by atoms with Crippen molar-refractivity contribution in [2.24, 2.45) is 5.92 Å². The van der Waals surface area contributed by atoms with Crippen molar-refractivity contribution in [3.63, 3.8) is 0 Å². The molecule has 102 valence electrons. The standard InChI is InChI=1S/C12H20N2O4/c1-14(7-3-4-11(16)18-2)12(17)9-5-6-10(15)13-8-9/h9H,3-8H2,1-2H3,(H,13,15). The van der Waals surface area contributed by atoms with E-state index in [2.05, 4.69) is 10.1 Å². The third-order valence-corrected chi connectivity index (χ3v) is 3.09. The Morgan fingerprint density at radius 3 is 2.78 bits per heavy atom. The van der Waals surface area contributed by atoms with Crippen LogP contribution in [0.25, 0.3) is 0 Å². The number of rotatable bonds is 5. The molecule has 0 aromatic carbocycles. The van der Waals surface area contributed by atoms with Crippen molar-refractivity contribution in [3.05, 3.63) is 0 Å². The first-order chi connectivity index (χ1) is 8.54. The summed E-state index contributed by atoms with van der Waals surface area (Å²) in [5.74, 6) is -0.362. The van der Waals surface area contributed by atoms with Crippen LogP contribution in [0.1, 0.15) is 25.7 Å². The second-order valence-electron chi connectivity index (χ2n) is 4.48. The summed E-state index contributed by atoms with van der Waals surface area (Å²) in [5.41, 5.74) is 0. The van der Waals surface area contributed by atoms with Crippen LogP contribution in [0.2, 0.25) is 0 Å². The smallest absolute Gasteiger partial charge is 0.305 e. The van der Waals surface area contributed by atoms with Crippen molar-refractivity contribution in [1.29, 1.82) is 0 Å². The zero-order chi connectivity index (χ0) is 13.5. The topological polar surface area (TPSA) is 75.7 Å². The maximum atomic E-state index is 12.0. The van der Waals surface area contributed by atoms with Crippen molar-refractivity contribution in [2.45, 2.75) is 25.7 Å². The summed E-state index contributed by atoms with van der Waals surface area (Å²) in [6, 6.07) is 0. The van der Waals surface area contributed by atoms with Gasteiger partial charge in [-0.15, -0.1) is 0 Å². The summed E-state index contributed by atoms with van der Waals surface area (Å²) in [5, 5.41) is 2.69. The van der Waals surface area contributed by atoms with Gasteiger partial charge in [0.1, 0.15) is 0 Å². The fourth-order valence-corrected chi connectivity index (χ4v) is 1.93. The van der Waals surface area contributed by atoms with Crippen LogP contribution in [-0.2, 0) is 19.1 Å². The average molecular weight is 256 g/mol. The Morgan fingerprint density at radius 1 is 1.50 bits per heavy atom. The van der Waals surface area contributed by atoms with Crippen LogP contribution in [0.5, 0.6) is 0 Å². The number of nitrogens with one attached hydrogen (secondary N) is 1. The minimum Gasteiger partial charge on any atom is -0.469 e. The zero-order valence-electron chi connectivity index (χ0n) is 10.9. The third kappa shape index (κ3) is 4.35. The molecule has 0 aromatic rings. The fourth-order valence-electron chi connectivity index (χ4n) is 1.93. The van der Waals surface area contributed by atoms with Gasteiger partial charge in [-0.05, 0) is 12.8 Å². The van der Waals surface area contributed by atoms with E-state index in [0.29, 0.717) is 38.8 Å². The van der Waals surface area contributed by atoms with Crippen LogP contribution in [0.3, 0.4) is 0 Å². The molecule has 1 atom stereocenters. The molecule has 1 aliphatic heterocycles. The number of nitrogens with zero attached hydrogens (tertiary/aromatic N) is 1. The van der Waals surface area contributed by atoms with Crippen LogP contribution >= 0.6 is 0 Å². The van der Waals surface area contributed by atoms with E-state index in [1.807, 2.05) is 0 Å². The van der Waals surface area contributed by atoms with Crippen molar-refractivity contribution in [2.75, 3.05) is 27.2 Å². The lowest BCUT2D eigenvalue weighted by atomic mass is 9.98. The Hall–Kier alpha value is -1.59. The highest BCUT2D eigenvalue weighted by Crippen LogP contribution is 2.13. The number of piperidine rings is 1. The Balaban J connectivity index is 2.28. The Bertz CT molecular complexity index is 320. The highest BCUT2D eigenvalue weighted by atomic mass is 16.5. The first-order valence-corrected chi connectivity index (χ1v) is 6.13. The van der Waals surface area contributed by atoms with Gasteiger partial charge in [-0.2, -0.15) is 0 Å². The van der Waals surface area contributed by atoms with E-state index in [1.54, 1.807) is 11.9 Å². The predicted octanol–water partition coefficient (Wildman–Crippen LogP) is -0.0758. The highest BCUT2D eigenvalue weighted by Gasteiger charge is 2.26. The molecule has 1 heterocycles. The number of carbonyl (C=O) groups is 3. The molecule has 1 rings (SSSR count). The molecule has 0 spiro atoms. The summed E-state index contributed by atoms with van der Waals surface area (Å²) in [6.45, 7) is 0.942. The Labute approximate surface area is 107 Å². The number of carbonyl (C=O) groups excluding carboxylic acids is 3. The van der Waals surface area contributed by atoms with Crippen LogP contribution in [0, 0.1) is 5.92 Å². The third-order valence-electron chi connectivity index (χ3n) is 3.09. The molecule has 1 N–H and O–H groups in total. The molecule has 1 unspecified atom stereocenters. The van der Waals surface area contributed by atoms with Crippen molar-refractivity contribution < 1.29 is 19.1 Å². The number of amides is 2. The Morgan fingerprint density at radius 2 is 2.22 bits per heavy atom. The minimum absolute atomic E-state index is 0.00685. The van der Waals surface area contributed by atoms with Gasteiger partial charge >= 0.3 is 5.97 Å². The van der Waals surface area contributed by atoms with Crippen molar-refractivity contribution in [3.8, 4) is 0 Å². The largest absolute Gasteiger partial charge is 0.469 e. The van der Waals surface area contributed by atoms with Gasteiger partial charge in [0.25, 0.3) is 0 Å². The number of hydrogen-bond donors (Lipinski definition) is 1. The van der Waals surface area contributed by atoms with Gasteiger partial charge in [0.15, 0.2) is 0 Å². The average Bonchev–Trinajstić information content (AvgIpc) is 2.38. The van der Waals surface area contributed by atoms with Crippen LogP contribution in [0.4, 0.5) is 0 Å². The van der Waals surface area contributed by atoms with E-state index in [4.69, 9.17) is 0 Å². The van der Waals surface area contributed by atoms with E-state index < -0.39 is 0 Å². The molecule has 6 nitrogen and oxygen atoms in total. The fraction of sp³-hybridized carbons (Fsp3) is 0.750. The summed E-state index contributed by atoms with van der Waals surface area (Å²) >= 11 is 0. The first kappa shape index (κ1) is 14.5. The molecule has 2 amide bonds. The zero-order valence-corrected chi connectivity index (χ0v) is 10.9. The number of hydrogen-bond acceptors (Lipinski definition) is 4. The van der Waals surface area contributed by atoms with E-state index in [-0.39, 0.29) is 23.7 Å². The molecule has 1 saturated heterocycles. The lowest BCUT2D eigenvalue weighted by molar-refractivity contribution is -0.142. The molecular weight excluding hydrogens is 236 g/mol. The first-order valence-electron chi connectivity index (χ1n) is 6.13. The molecule has 0 bridgehead atoms. The maximum Gasteiger partial charge on any atom is 0.305 e. The van der Waals surface area contributed by atoms with Crippen LogP contribution in [-0.4, -0.2) is 49.9 Å². The lowest BCUT2D eigenvalue weighted by Gasteiger charge is -2.26. The second-order valence-corrected chi connectivity index (χ2v) is 4.48. The summed E-state index contributed by atoms with van der Waals surface area (Å²) in [4.78, 5) is 35.5. The predicted molar refractivity (Wildman–Crippen MR) is 64.6 cm³/mol. The molecule has 0 aliphatic carbocycles. The Kier molecular flexibility index (Phi) is 5.61. The number of methoxy groups -OCH3 is 1. The van der Waals surface area contributed by atoms with Gasteiger partial charge in [-0.1, -0.05) is 0 Å². The number of esters is 1. The van der Waals surface area contributed by atoms with Gasteiger partial charge in [0, 0.05) is 33.0 Å². The van der Waals surface area contributed by atoms with E-state index in [1.165, 1.54) is 7.11 Å². The summed E-state index contributed by atoms with van der Waals surface area (Å²) in [6.07, 6.45) is 1.92. The van der Waals surface area contributed by atoms with Gasteiger partial charge in [-0.25, -0.2) is 0 Å². The molecule has 18 heavy (non-hydrogen) atoms. The molecule has 1 aliphatic rings. The SMILES string of the molecule is COC(=O)CCCN(C)C(=O)C1CCC(=O)NC1. The molecule has 0 saturated carbocycles. The van der Waals surface area contributed by atoms with Crippen LogP contribution < -0.4 is 5.32 Å². The molecule has 6 heteroatoms. The van der Waals surface area contributed by atoms with Crippen molar-refractivity contribution >= 4 is 17.8 Å². The van der Waals surface area contributed by atoms with Crippen molar-refractivity contribution in [1.82, 2.24) is 10.2 Å². The van der Waals surface area contributed by atoms with E-state index in [0.717, 1.165) is 0 Å². The quantitative estimate of drug-likeness (QED) is 0.698. The summed E-state index contributed by atoms with van der Waals surface area (Å²) in [7, 11) is 3.07. The highest BCUT2D eigenvalue weighted by molar-refractivity contribution is 5.83. The molecule has 1 fully saturated rings. The van der Waals surface area contributed by atoms with Gasteiger partial charge < -0.3 is 15.0 Å². The van der Waals surface area contributed by atoms with Gasteiger partial charge in [0.05, 0.1) is 13.0 Å². The normalized spacial score (nSPS) is 19.0. The lowest BCUT2D eigenvalue weighted by Crippen LogP contribution is -2.43. The van der Waals surface area contributed by atoms with E-state index in [9.17, 15) is 14.4 Å². The van der Waals surface area contributed by atoms with Gasteiger partial charge in [-0.3, -0.25) is 14.4 Å². The maximum absolute atomic E-state index is 12.0. The van der Waals surface area contributed by atoms with Crippen LogP contribution in [0.15, 0.2) is 0 Å². The van der Waals surface area contributed by atoms with E-state index >= 15 is 0 Å². The van der Waals surface area contributed by atoms with Gasteiger partial charge in [0.2, 0.25) is 11.8 Å². The minimum atomic E-state index is -0.263. The molecule has 0 aromatic heterocycles. The number of ether oxygens (including phenoxy) is 1. The molecular formula is C12H20N2O4. The monoisotopic (exact) mass is 256 g/mol. The molecule has 0 radical (unpaired) electrons. The summed E-state index contributed by atoms with van der Waals surface area (Å²) < 4.78 is 4.53. The second kappa shape index (κ2) is 6.98.